The number of nitrogens with zero attached hydrogens (tertiary/aromatic N) is 1. The van der Waals surface area contributed by atoms with Crippen molar-refractivity contribution in [3.05, 3.63) is 23.8 Å². The van der Waals surface area contributed by atoms with Crippen molar-refractivity contribution < 1.29 is 22.7 Å². The number of amides is 1. The Labute approximate surface area is 136 Å². The van der Waals surface area contributed by atoms with Gasteiger partial charge < -0.3 is 14.8 Å². The van der Waals surface area contributed by atoms with Gasteiger partial charge in [-0.1, -0.05) is 0 Å². The van der Waals surface area contributed by atoms with Crippen LogP contribution in [0.2, 0.25) is 0 Å². The van der Waals surface area contributed by atoms with Gasteiger partial charge in [-0.25, -0.2) is 8.42 Å². The summed E-state index contributed by atoms with van der Waals surface area (Å²) in [5.41, 5.74) is 0.484. The van der Waals surface area contributed by atoms with E-state index in [0.29, 0.717) is 36.6 Å². The first-order chi connectivity index (χ1) is 10.8. The number of rotatable bonds is 7. The summed E-state index contributed by atoms with van der Waals surface area (Å²) in [4.78, 5) is 12.1. The molecule has 1 aliphatic rings. The fourth-order valence-electron chi connectivity index (χ4n) is 2.38. The number of hydrogen-bond donors (Lipinski definition) is 1. The maximum atomic E-state index is 12.1. The molecule has 1 aliphatic heterocycles. The summed E-state index contributed by atoms with van der Waals surface area (Å²) >= 11 is 0. The van der Waals surface area contributed by atoms with Crippen LogP contribution in [0.25, 0.3) is 0 Å². The topological polar surface area (TPSA) is 84.9 Å². The summed E-state index contributed by atoms with van der Waals surface area (Å²) in [6.45, 7) is 4.58. The fourth-order valence-corrected chi connectivity index (χ4v) is 3.61. The van der Waals surface area contributed by atoms with Crippen molar-refractivity contribution in [3.8, 4) is 11.5 Å². The summed E-state index contributed by atoms with van der Waals surface area (Å²) in [5.74, 6) is 0.960. The number of fused-ring (bicyclic) bond motifs is 1. The highest BCUT2D eigenvalue weighted by Crippen LogP contribution is 2.32. The first kappa shape index (κ1) is 17.6. The minimum absolute atomic E-state index is 0.102. The molecule has 0 bridgehead atoms. The average molecular weight is 342 g/mol. The van der Waals surface area contributed by atoms with Gasteiger partial charge in [0.25, 0.3) is 5.91 Å². The van der Waals surface area contributed by atoms with Gasteiger partial charge in [0, 0.05) is 24.7 Å². The summed E-state index contributed by atoms with van der Waals surface area (Å²) < 4.78 is 35.1. The zero-order valence-corrected chi connectivity index (χ0v) is 14.4. The van der Waals surface area contributed by atoms with Gasteiger partial charge in [-0.05, 0) is 38.5 Å². The molecule has 1 N–H and O–H groups in total. The number of carbonyl (C=O) groups excluding carboxylic acids is 1. The summed E-state index contributed by atoms with van der Waals surface area (Å²) in [5, 5.41) is 2.78. The van der Waals surface area contributed by atoms with Crippen LogP contribution >= 0.6 is 0 Å². The fraction of sp³-hybridized carbons (Fsp3) is 0.533. The second-order valence-electron chi connectivity index (χ2n) is 5.64. The molecule has 0 spiro atoms. The Bertz CT molecular complexity index is 672. The molecule has 1 amide bonds. The van der Waals surface area contributed by atoms with Gasteiger partial charge in [0.1, 0.15) is 0 Å². The predicted octanol–water partition coefficient (Wildman–Crippen LogP) is 1.21. The Morgan fingerprint density at radius 1 is 1.30 bits per heavy atom. The van der Waals surface area contributed by atoms with E-state index in [0.717, 1.165) is 0 Å². The first-order valence-corrected chi connectivity index (χ1v) is 9.28. The third-order valence-corrected chi connectivity index (χ3v) is 4.93. The number of benzene rings is 1. The lowest BCUT2D eigenvalue weighted by Gasteiger charge is -2.23. The van der Waals surface area contributed by atoms with Crippen LogP contribution < -0.4 is 14.8 Å². The average Bonchev–Trinajstić information content (AvgIpc) is 2.92. The summed E-state index contributed by atoms with van der Waals surface area (Å²) in [6.07, 6.45) is 1.74. The minimum atomic E-state index is -3.23. The molecule has 8 heteroatoms. The van der Waals surface area contributed by atoms with Crippen LogP contribution in [0.3, 0.4) is 0 Å². The Morgan fingerprint density at radius 3 is 2.65 bits per heavy atom. The van der Waals surface area contributed by atoms with Gasteiger partial charge in [-0.15, -0.1) is 0 Å². The molecule has 0 aliphatic carbocycles. The Balaban J connectivity index is 1.83. The molecule has 7 nitrogen and oxygen atoms in total. The lowest BCUT2D eigenvalue weighted by Crippen LogP contribution is -2.38. The van der Waals surface area contributed by atoms with E-state index in [1.165, 1.54) is 10.6 Å². The van der Waals surface area contributed by atoms with Crippen LogP contribution in [0.15, 0.2) is 18.2 Å². The van der Waals surface area contributed by atoms with Crippen LogP contribution in [-0.2, 0) is 10.0 Å². The summed E-state index contributed by atoms with van der Waals surface area (Å²) in [7, 11) is -3.23. The molecule has 23 heavy (non-hydrogen) atoms. The molecule has 0 unspecified atom stereocenters. The van der Waals surface area contributed by atoms with E-state index in [-0.39, 0.29) is 18.7 Å². The van der Waals surface area contributed by atoms with Gasteiger partial charge in [0.15, 0.2) is 11.5 Å². The molecule has 0 saturated carbocycles. The van der Waals surface area contributed by atoms with E-state index in [1.807, 2.05) is 13.8 Å². The van der Waals surface area contributed by atoms with Crippen molar-refractivity contribution in [2.45, 2.75) is 26.3 Å². The number of sulfonamides is 1. The van der Waals surface area contributed by atoms with Crippen LogP contribution in [0.4, 0.5) is 0 Å². The van der Waals surface area contributed by atoms with Gasteiger partial charge >= 0.3 is 0 Å². The standard InChI is InChI=1S/C15H22N2O5S/c1-11(2)17(23(3,19)20)8-4-7-16-15(18)12-5-6-13-14(9-12)22-10-21-13/h5-6,9,11H,4,7-8,10H2,1-3H3,(H,16,18). The largest absolute Gasteiger partial charge is 0.454 e. The number of nitrogens with one attached hydrogen (secondary N) is 1. The van der Waals surface area contributed by atoms with Crippen molar-refractivity contribution in [1.82, 2.24) is 9.62 Å². The molecule has 1 aromatic carbocycles. The molecular formula is C15H22N2O5S. The molecule has 0 saturated heterocycles. The number of hydrogen-bond acceptors (Lipinski definition) is 5. The Kier molecular flexibility index (Phi) is 5.48. The van der Waals surface area contributed by atoms with E-state index in [9.17, 15) is 13.2 Å². The Morgan fingerprint density at radius 2 is 2.00 bits per heavy atom. The van der Waals surface area contributed by atoms with E-state index < -0.39 is 10.0 Å². The first-order valence-electron chi connectivity index (χ1n) is 7.43. The molecule has 128 valence electrons. The number of carbonyl (C=O) groups is 1. The Hall–Kier alpha value is -1.80. The van der Waals surface area contributed by atoms with Gasteiger partial charge in [-0.2, -0.15) is 4.31 Å². The highest BCUT2D eigenvalue weighted by Gasteiger charge is 2.20. The van der Waals surface area contributed by atoms with Gasteiger partial charge in [0.05, 0.1) is 6.26 Å². The lowest BCUT2D eigenvalue weighted by molar-refractivity contribution is 0.0952. The van der Waals surface area contributed by atoms with Gasteiger partial charge in [-0.3, -0.25) is 4.79 Å². The summed E-state index contributed by atoms with van der Waals surface area (Å²) in [6, 6.07) is 4.89. The van der Waals surface area contributed by atoms with Crippen LogP contribution in [0.1, 0.15) is 30.6 Å². The monoisotopic (exact) mass is 342 g/mol. The lowest BCUT2D eigenvalue weighted by atomic mass is 10.2. The molecule has 0 atom stereocenters. The van der Waals surface area contributed by atoms with E-state index >= 15 is 0 Å². The predicted molar refractivity (Wildman–Crippen MR) is 86.2 cm³/mol. The highest BCUT2D eigenvalue weighted by atomic mass is 32.2. The van der Waals surface area contributed by atoms with Crippen LogP contribution in [-0.4, -0.2) is 50.8 Å². The quantitative estimate of drug-likeness (QED) is 0.753. The molecule has 0 aromatic heterocycles. The second-order valence-corrected chi connectivity index (χ2v) is 7.58. The normalized spacial score (nSPS) is 13.6. The smallest absolute Gasteiger partial charge is 0.251 e. The molecular weight excluding hydrogens is 320 g/mol. The van der Waals surface area contributed by atoms with Crippen molar-refractivity contribution in [2.75, 3.05) is 26.1 Å². The SMILES string of the molecule is CC(C)N(CCCNC(=O)c1ccc2c(c1)OCO2)S(C)(=O)=O. The molecule has 1 aromatic rings. The third-order valence-electron chi connectivity index (χ3n) is 3.48. The maximum Gasteiger partial charge on any atom is 0.251 e. The van der Waals surface area contributed by atoms with Crippen molar-refractivity contribution in [2.24, 2.45) is 0 Å². The zero-order valence-electron chi connectivity index (χ0n) is 13.5. The molecule has 1 heterocycles. The molecule has 2 rings (SSSR count). The van der Waals surface area contributed by atoms with Gasteiger partial charge in [0.2, 0.25) is 16.8 Å². The van der Waals surface area contributed by atoms with E-state index in [2.05, 4.69) is 5.32 Å². The van der Waals surface area contributed by atoms with Crippen molar-refractivity contribution in [1.29, 1.82) is 0 Å². The molecule has 0 radical (unpaired) electrons. The van der Waals surface area contributed by atoms with Crippen LogP contribution in [0, 0.1) is 0 Å². The van der Waals surface area contributed by atoms with E-state index in [4.69, 9.17) is 9.47 Å². The third kappa shape index (κ3) is 4.59. The highest BCUT2D eigenvalue weighted by molar-refractivity contribution is 7.88. The van der Waals surface area contributed by atoms with Crippen LogP contribution in [0.5, 0.6) is 11.5 Å². The van der Waals surface area contributed by atoms with Crippen molar-refractivity contribution in [3.63, 3.8) is 0 Å². The maximum absolute atomic E-state index is 12.1. The molecule has 0 fully saturated rings. The zero-order chi connectivity index (χ0) is 17.0. The number of ether oxygens (including phenoxy) is 2. The van der Waals surface area contributed by atoms with E-state index in [1.54, 1.807) is 18.2 Å². The second kappa shape index (κ2) is 7.18. The van der Waals surface area contributed by atoms with Crippen molar-refractivity contribution >= 4 is 15.9 Å². The minimum Gasteiger partial charge on any atom is -0.454 e.